The van der Waals surface area contributed by atoms with E-state index in [9.17, 15) is 14.7 Å². The molecule has 6 rings (SSSR count). The molecule has 0 amide bonds. The van der Waals surface area contributed by atoms with Gasteiger partial charge in [-0.25, -0.2) is 0 Å². The molecule has 5 heteroatoms. The first-order valence-corrected chi connectivity index (χ1v) is 10.0. The predicted octanol–water partition coefficient (Wildman–Crippen LogP) is 3.97. The van der Waals surface area contributed by atoms with Crippen LogP contribution in [0.4, 0.5) is 0 Å². The summed E-state index contributed by atoms with van der Waals surface area (Å²) >= 11 is 0. The van der Waals surface area contributed by atoms with E-state index in [0.29, 0.717) is 13.0 Å². The minimum Gasteiger partial charge on any atom is -0.388 e. The summed E-state index contributed by atoms with van der Waals surface area (Å²) in [5.74, 6) is -1.01. The Morgan fingerprint density at radius 3 is 2.52 bits per heavy atom. The molecule has 0 saturated heterocycles. The molecular weight excluding hydrogens is 364 g/mol. The quantitative estimate of drug-likeness (QED) is 0.514. The van der Waals surface area contributed by atoms with Crippen molar-refractivity contribution in [3.63, 3.8) is 0 Å². The fraction of sp³-hybridized carbons (Fsp3) is 0.250. The van der Waals surface area contributed by atoms with Crippen LogP contribution in [0.15, 0.2) is 54.9 Å². The van der Waals surface area contributed by atoms with Crippen LogP contribution in [0.3, 0.4) is 0 Å². The molecule has 2 N–H and O–H groups in total. The minimum absolute atomic E-state index is 0.0169. The summed E-state index contributed by atoms with van der Waals surface area (Å²) in [6.45, 7) is 0.710. The number of para-hydroxylation sites is 2. The molecule has 2 aromatic carbocycles. The number of nitrogens with one attached hydrogen (secondary N) is 1. The molecule has 144 valence electrons. The monoisotopic (exact) mass is 384 g/mol. The lowest BCUT2D eigenvalue weighted by Crippen LogP contribution is -2.14. The summed E-state index contributed by atoms with van der Waals surface area (Å²) in [5, 5.41) is 12.4. The van der Waals surface area contributed by atoms with Crippen LogP contribution in [-0.4, -0.2) is 26.2 Å². The van der Waals surface area contributed by atoms with Crippen molar-refractivity contribution in [1.29, 1.82) is 0 Å². The molecule has 4 aromatic rings. The van der Waals surface area contributed by atoms with Gasteiger partial charge in [0.25, 0.3) is 0 Å². The fourth-order valence-electron chi connectivity index (χ4n) is 5.35. The molecule has 1 aliphatic carbocycles. The third kappa shape index (κ3) is 2.25. The van der Waals surface area contributed by atoms with Crippen molar-refractivity contribution in [2.24, 2.45) is 0 Å². The Labute approximate surface area is 167 Å². The number of aliphatic hydroxyl groups excluding tert-OH is 1. The maximum Gasteiger partial charge on any atom is 0.148 e. The molecule has 3 heterocycles. The number of rotatable bonds is 2. The predicted molar refractivity (Wildman–Crippen MR) is 110 cm³/mol. The highest BCUT2D eigenvalue weighted by molar-refractivity contribution is 6.15. The standard InChI is InChI=1S/C24H20N2O3/c27-19-8-9-26-12-17(14-5-3-6-15(19)24(14)26)23-21(29)10-20(28)22(23)16-11-25-18-7-2-1-4-13(16)18/h1-7,11-12,19,22-23,25,27H,8-10H2/t19-,22-,23-/m1/s1. The minimum atomic E-state index is -0.490. The number of hydrogen-bond acceptors (Lipinski definition) is 3. The number of carbonyl (C=O) groups is 2. The summed E-state index contributed by atoms with van der Waals surface area (Å²) in [4.78, 5) is 29.3. The molecule has 1 aliphatic heterocycles. The smallest absolute Gasteiger partial charge is 0.148 e. The third-order valence-electron chi connectivity index (χ3n) is 6.63. The van der Waals surface area contributed by atoms with Crippen LogP contribution in [0.1, 0.15) is 47.5 Å². The first-order valence-electron chi connectivity index (χ1n) is 10.0. The van der Waals surface area contributed by atoms with Gasteiger partial charge in [0.1, 0.15) is 11.6 Å². The van der Waals surface area contributed by atoms with Crippen LogP contribution in [0.2, 0.25) is 0 Å². The van der Waals surface area contributed by atoms with E-state index in [-0.39, 0.29) is 18.0 Å². The van der Waals surface area contributed by atoms with E-state index in [0.717, 1.165) is 38.5 Å². The van der Waals surface area contributed by atoms with Crippen molar-refractivity contribution in [2.45, 2.75) is 37.3 Å². The average Bonchev–Trinajstić information content (AvgIpc) is 3.38. The fourth-order valence-corrected chi connectivity index (χ4v) is 5.35. The summed E-state index contributed by atoms with van der Waals surface area (Å²) < 4.78 is 2.13. The highest BCUT2D eigenvalue weighted by Gasteiger charge is 2.45. The second-order valence-electron chi connectivity index (χ2n) is 8.18. The van der Waals surface area contributed by atoms with Crippen molar-refractivity contribution >= 4 is 33.4 Å². The second kappa shape index (κ2) is 5.91. The molecule has 5 nitrogen and oxygen atoms in total. The molecule has 1 fully saturated rings. The zero-order valence-electron chi connectivity index (χ0n) is 15.8. The largest absolute Gasteiger partial charge is 0.388 e. The molecule has 2 aliphatic rings. The van der Waals surface area contributed by atoms with Crippen LogP contribution in [0.25, 0.3) is 21.8 Å². The molecule has 1 saturated carbocycles. The van der Waals surface area contributed by atoms with Gasteiger partial charge in [-0.2, -0.15) is 0 Å². The molecule has 29 heavy (non-hydrogen) atoms. The Kier molecular flexibility index (Phi) is 3.41. The topological polar surface area (TPSA) is 75.1 Å². The number of carbonyl (C=O) groups excluding carboxylic acids is 2. The third-order valence-corrected chi connectivity index (χ3v) is 6.63. The second-order valence-corrected chi connectivity index (χ2v) is 8.18. The number of aryl methyl sites for hydroxylation is 1. The normalized spacial score (nSPS) is 24.1. The number of aliphatic hydroxyl groups is 1. The van der Waals surface area contributed by atoms with Gasteiger partial charge in [0, 0.05) is 40.8 Å². The maximum atomic E-state index is 13.0. The highest BCUT2D eigenvalue weighted by Crippen LogP contribution is 2.47. The van der Waals surface area contributed by atoms with Crippen LogP contribution >= 0.6 is 0 Å². The zero-order valence-corrected chi connectivity index (χ0v) is 15.8. The van der Waals surface area contributed by atoms with Gasteiger partial charge < -0.3 is 14.7 Å². The van der Waals surface area contributed by atoms with Crippen LogP contribution in [-0.2, 0) is 16.1 Å². The van der Waals surface area contributed by atoms with Gasteiger partial charge in [-0.1, -0.05) is 36.4 Å². The first-order chi connectivity index (χ1) is 14.1. The molecule has 0 radical (unpaired) electrons. The number of nitrogens with zero attached hydrogens (tertiary/aromatic N) is 1. The lowest BCUT2D eigenvalue weighted by molar-refractivity contribution is -0.122. The molecule has 0 spiro atoms. The maximum absolute atomic E-state index is 13.0. The highest BCUT2D eigenvalue weighted by atomic mass is 16.3. The lowest BCUT2D eigenvalue weighted by Gasteiger charge is -2.20. The van der Waals surface area contributed by atoms with Gasteiger partial charge in [0.05, 0.1) is 29.9 Å². The van der Waals surface area contributed by atoms with E-state index in [4.69, 9.17) is 0 Å². The van der Waals surface area contributed by atoms with Gasteiger partial charge in [0.2, 0.25) is 0 Å². The van der Waals surface area contributed by atoms with E-state index >= 15 is 0 Å². The van der Waals surface area contributed by atoms with Gasteiger partial charge in [0.15, 0.2) is 0 Å². The van der Waals surface area contributed by atoms with Crippen LogP contribution in [0.5, 0.6) is 0 Å². The Morgan fingerprint density at radius 1 is 0.897 bits per heavy atom. The van der Waals surface area contributed by atoms with Crippen molar-refractivity contribution in [3.05, 3.63) is 71.5 Å². The van der Waals surface area contributed by atoms with Gasteiger partial charge >= 0.3 is 0 Å². The number of hydrogen-bond donors (Lipinski definition) is 2. The number of benzene rings is 2. The van der Waals surface area contributed by atoms with E-state index in [2.05, 4.69) is 9.55 Å². The number of fused-ring (bicyclic) bond motifs is 1. The summed E-state index contributed by atoms with van der Waals surface area (Å²) in [6.07, 6.45) is 4.06. The van der Waals surface area contributed by atoms with Gasteiger partial charge in [-0.15, -0.1) is 0 Å². The van der Waals surface area contributed by atoms with E-state index in [1.807, 2.05) is 54.9 Å². The average molecular weight is 384 g/mol. The number of Topliss-reactive ketones (excluding diaryl/α,β-unsaturated/α-hetero) is 2. The summed E-state index contributed by atoms with van der Waals surface area (Å²) in [7, 11) is 0. The van der Waals surface area contributed by atoms with Gasteiger partial charge in [-0.05, 0) is 23.6 Å². The number of H-pyrrole nitrogens is 1. The Balaban J connectivity index is 1.58. The SMILES string of the molecule is O=C1CC(=O)[C@@H](c2cn3c4c(cccc24)[C@H](O)CC3)[C@@H]1c1c[nH]c2ccccc12. The number of aromatic nitrogens is 2. The first kappa shape index (κ1) is 16.7. The van der Waals surface area contributed by atoms with E-state index < -0.39 is 17.9 Å². The summed E-state index contributed by atoms with van der Waals surface area (Å²) in [6, 6.07) is 13.8. The summed E-state index contributed by atoms with van der Waals surface area (Å²) in [5.41, 5.74) is 4.67. The number of aromatic amines is 1. The Bertz CT molecular complexity index is 1310. The Hall–Kier alpha value is -3.18. The van der Waals surface area contributed by atoms with Crippen LogP contribution in [0, 0.1) is 0 Å². The van der Waals surface area contributed by atoms with Gasteiger partial charge in [-0.3, -0.25) is 9.59 Å². The molecule has 3 atom stereocenters. The molecular formula is C24H20N2O3. The van der Waals surface area contributed by atoms with Crippen molar-refractivity contribution < 1.29 is 14.7 Å². The van der Waals surface area contributed by atoms with Crippen LogP contribution < -0.4 is 0 Å². The lowest BCUT2D eigenvalue weighted by atomic mass is 9.82. The zero-order chi connectivity index (χ0) is 19.7. The van der Waals surface area contributed by atoms with E-state index in [1.54, 1.807) is 0 Å². The molecule has 2 aromatic heterocycles. The van der Waals surface area contributed by atoms with E-state index in [1.165, 1.54) is 0 Å². The van der Waals surface area contributed by atoms with Crippen molar-refractivity contribution in [2.75, 3.05) is 0 Å². The molecule has 0 unspecified atom stereocenters. The Morgan fingerprint density at radius 2 is 1.66 bits per heavy atom. The number of ketones is 2. The van der Waals surface area contributed by atoms with Crippen molar-refractivity contribution in [3.8, 4) is 0 Å². The van der Waals surface area contributed by atoms with Crippen molar-refractivity contribution in [1.82, 2.24) is 9.55 Å². The molecule has 0 bridgehead atoms.